The van der Waals surface area contributed by atoms with Crippen LogP contribution in [0.5, 0.6) is 0 Å². The van der Waals surface area contributed by atoms with Gasteiger partial charge in [0.25, 0.3) is 0 Å². The smallest absolute Gasteiger partial charge is 0.326 e. The molecular weight excluding hydrogens is 462 g/mol. The summed E-state index contributed by atoms with van der Waals surface area (Å²) in [7, 11) is 0. The molecule has 0 radical (unpaired) electrons. The van der Waals surface area contributed by atoms with Gasteiger partial charge < -0.3 is 37.5 Å². The van der Waals surface area contributed by atoms with Gasteiger partial charge in [-0.2, -0.15) is 12.6 Å². The number of hydrogen-bond donors (Lipinski definition) is 8. The predicted octanol–water partition coefficient (Wildman–Crippen LogP) is -1.08. The third-order valence-electron chi connectivity index (χ3n) is 5.06. The Morgan fingerprint density at radius 3 is 2.21 bits per heavy atom. The van der Waals surface area contributed by atoms with Gasteiger partial charge >= 0.3 is 5.97 Å². The third kappa shape index (κ3) is 10.5. The molecule has 9 N–H and O–H groups in total. The summed E-state index contributed by atoms with van der Waals surface area (Å²) in [5.74, 6) is -3.00. The number of nitrogens with two attached hydrogens (primary N) is 2. The zero-order valence-corrected chi connectivity index (χ0v) is 20.5. The standard InChI is InChI=1S/C21H37N7O5S/c1-12(2)7-16(21(32)33)27-19(30)15(8-13-9-24-11-25-13)26-20(31)17(10-34)28-18(29)14(23)5-3-4-6-22/h9,11-12,14-17,34H,3-8,10,22-23H2,1-2H3,(H,24,25)(H,26,31)(H,27,30)(H,28,29)(H,32,33). The topological polar surface area (TPSA) is 205 Å². The van der Waals surface area contributed by atoms with Crippen molar-refractivity contribution in [1.29, 1.82) is 0 Å². The van der Waals surface area contributed by atoms with Gasteiger partial charge in [0.15, 0.2) is 0 Å². The van der Waals surface area contributed by atoms with Crippen molar-refractivity contribution in [2.75, 3.05) is 12.3 Å². The van der Waals surface area contributed by atoms with Crippen molar-refractivity contribution in [1.82, 2.24) is 25.9 Å². The second-order valence-electron chi connectivity index (χ2n) is 8.51. The van der Waals surface area contributed by atoms with Gasteiger partial charge in [-0.3, -0.25) is 14.4 Å². The molecule has 13 heteroatoms. The summed E-state index contributed by atoms with van der Waals surface area (Å²) in [5.41, 5.74) is 11.9. The molecule has 34 heavy (non-hydrogen) atoms. The van der Waals surface area contributed by atoms with Crippen LogP contribution in [0.25, 0.3) is 0 Å². The lowest BCUT2D eigenvalue weighted by Gasteiger charge is -2.25. The minimum absolute atomic E-state index is 0.0277. The van der Waals surface area contributed by atoms with E-state index in [1.165, 1.54) is 12.5 Å². The maximum absolute atomic E-state index is 12.9. The normalized spacial score (nSPS) is 14.6. The first-order valence-electron chi connectivity index (χ1n) is 11.3. The van der Waals surface area contributed by atoms with Crippen molar-refractivity contribution in [3.63, 3.8) is 0 Å². The highest BCUT2D eigenvalue weighted by molar-refractivity contribution is 7.80. The predicted molar refractivity (Wildman–Crippen MR) is 130 cm³/mol. The molecule has 0 bridgehead atoms. The molecule has 0 saturated heterocycles. The van der Waals surface area contributed by atoms with Gasteiger partial charge in [0.05, 0.1) is 12.4 Å². The second-order valence-corrected chi connectivity index (χ2v) is 8.87. The lowest BCUT2D eigenvalue weighted by atomic mass is 10.0. The summed E-state index contributed by atoms with van der Waals surface area (Å²) in [5, 5.41) is 17.1. The molecule has 12 nitrogen and oxygen atoms in total. The first kappa shape index (κ1) is 29.4. The minimum Gasteiger partial charge on any atom is -0.480 e. The van der Waals surface area contributed by atoms with E-state index >= 15 is 0 Å². The molecule has 0 aliphatic heterocycles. The number of nitrogens with one attached hydrogen (secondary N) is 4. The van der Waals surface area contributed by atoms with Gasteiger partial charge in [0, 0.05) is 24.1 Å². The minimum atomic E-state index is -1.17. The van der Waals surface area contributed by atoms with E-state index in [0.29, 0.717) is 25.1 Å². The first-order valence-corrected chi connectivity index (χ1v) is 11.9. The van der Waals surface area contributed by atoms with Crippen molar-refractivity contribution in [2.24, 2.45) is 17.4 Å². The highest BCUT2D eigenvalue weighted by Crippen LogP contribution is 2.07. The average molecular weight is 500 g/mol. The van der Waals surface area contributed by atoms with Crippen molar-refractivity contribution in [3.8, 4) is 0 Å². The van der Waals surface area contributed by atoms with Gasteiger partial charge in [0.2, 0.25) is 17.7 Å². The number of aliphatic carboxylic acids is 1. The van der Waals surface area contributed by atoms with Crippen LogP contribution in [0.15, 0.2) is 12.5 Å². The van der Waals surface area contributed by atoms with Gasteiger partial charge in [0.1, 0.15) is 18.1 Å². The molecule has 0 spiro atoms. The number of carbonyl (C=O) groups is 4. The number of amides is 3. The van der Waals surface area contributed by atoms with Crippen LogP contribution in [-0.4, -0.2) is 75.2 Å². The fraction of sp³-hybridized carbons (Fsp3) is 0.667. The molecule has 0 aliphatic carbocycles. The molecule has 1 heterocycles. The van der Waals surface area contributed by atoms with Crippen LogP contribution in [0.4, 0.5) is 0 Å². The van der Waals surface area contributed by atoms with E-state index in [1.807, 2.05) is 13.8 Å². The molecule has 4 atom stereocenters. The Labute approximate surface area is 204 Å². The Balaban J connectivity index is 2.89. The van der Waals surface area contributed by atoms with Crippen LogP contribution in [0.3, 0.4) is 0 Å². The van der Waals surface area contributed by atoms with Gasteiger partial charge in [-0.1, -0.05) is 20.3 Å². The van der Waals surface area contributed by atoms with E-state index in [-0.39, 0.29) is 24.5 Å². The summed E-state index contributed by atoms with van der Waals surface area (Å²) < 4.78 is 0. The number of imidazole rings is 1. The SMILES string of the molecule is CC(C)CC(NC(=O)C(Cc1cnc[nH]1)NC(=O)C(CS)NC(=O)C(N)CCCCN)C(=O)O. The van der Waals surface area contributed by atoms with Crippen LogP contribution in [-0.2, 0) is 25.6 Å². The zero-order chi connectivity index (χ0) is 25.7. The Morgan fingerprint density at radius 1 is 1.06 bits per heavy atom. The average Bonchev–Trinajstić information content (AvgIpc) is 3.29. The van der Waals surface area contributed by atoms with Crippen molar-refractivity contribution >= 4 is 36.3 Å². The molecule has 1 aromatic heterocycles. The monoisotopic (exact) mass is 499 g/mol. The summed E-state index contributed by atoms with van der Waals surface area (Å²) >= 11 is 4.14. The summed E-state index contributed by atoms with van der Waals surface area (Å²) in [4.78, 5) is 56.5. The number of aromatic nitrogens is 2. The number of aromatic amines is 1. The third-order valence-corrected chi connectivity index (χ3v) is 5.42. The van der Waals surface area contributed by atoms with Crippen LogP contribution < -0.4 is 27.4 Å². The molecule has 0 aliphatic rings. The molecule has 0 aromatic carbocycles. The van der Waals surface area contributed by atoms with Gasteiger partial charge in [-0.15, -0.1) is 0 Å². The largest absolute Gasteiger partial charge is 0.480 e. The number of carbonyl (C=O) groups excluding carboxylic acids is 3. The highest BCUT2D eigenvalue weighted by atomic mass is 32.1. The first-order chi connectivity index (χ1) is 16.1. The number of unbranched alkanes of at least 4 members (excludes halogenated alkanes) is 1. The Morgan fingerprint density at radius 2 is 1.68 bits per heavy atom. The van der Waals surface area contributed by atoms with E-state index in [2.05, 4.69) is 38.5 Å². The van der Waals surface area contributed by atoms with E-state index < -0.39 is 47.9 Å². The van der Waals surface area contributed by atoms with Crippen molar-refractivity contribution in [2.45, 2.75) is 70.1 Å². The maximum Gasteiger partial charge on any atom is 0.326 e. The fourth-order valence-corrected chi connectivity index (χ4v) is 3.43. The Bertz CT molecular complexity index is 790. The summed E-state index contributed by atoms with van der Waals surface area (Å²) in [6.07, 6.45) is 5.01. The van der Waals surface area contributed by atoms with Crippen LogP contribution in [0, 0.1) is 5.92 Å². The lowest BCUT2D eigenvalue weighted by Crippen LogP contribution is -2.58. The number of carboxylic acid groups (broad SMARTS) is 1. The molecule has 3 amide bonds. The van der Waals surface area contributed by atoms with E-state index in [1.54, 1.807) is 0 Å². The molecular formula is C21H37N7O5S. The molecule has 1 rings (SSSR count). The molecule has 192 valence electrons. The number of carboxylic acids is 1. The van der Waals surface area contributed by atoms with Crippen LogP contribution in [0.2, 0.25) is 0 Å². The number of thiol groups is 1. The number of H-pyrrole nitrogens is 1. The number of nitrogens with zero attached hydrogens (tertiary/aromatic N) is 1. The number of hydrogen-bond acceptors (Lipinski definition) is 8. The molecule has 4 unspecified atom stereocenters. The molecule has 0 fully saturated rings. The lowest BCUT2D eigenvalue weighted by molar-refractivity contribution is -0.142. The Hall–Kier alpha value is -2.64. The quantitative estimate of drug-likeness (QED) is 0.103. The van der Waals surface area contributed by atoms with E-state index in [9.17, 15) is 24.3 Å². The van der Waals surface area contributed by atoms with E-state index in [4.69, 9.17) is 11.5 Å². The Kier molecular flexibility index (Phi) is 13.2. The van der Waals surface area contributed by atoms with Crippen molar-refractivity contribution in [3.05, 3.63) is 18.2 Å². The van der Waals surface area contributed by atoms with Crippen molar-refractivity contribution < 1.29 is 24.3 Å². The van der Waals surface area contributed by atoms with Gasteiger partial charge in [-0.25, -0.2) is 9.78 Å². The fourth-order valence-electron chi connectivity index (χ4n) is 3.18. The van der Waals surface area contributed by atoms with Gasteiger partial charge in [-0.05, 0) is 31.7 Å². The van der Waals surface area contributed by atoms with Crippen LogP contribution in [0.1, 0.15) is 45.2 Å². The summed E-state index contributed by atoms with van der Waals surface area (Å²) in [6, 6.07) is -4.07. The van der Waals surface area contributed by atoms with Crippen LogP contribution >= 0.6 is 12.6 Å². The van der Waals surface area contributed by atoms with E-state index in [0.717, 1.165) is 6.42 Å². The zero-order valence-electron chi connectivity index (χ0n) is 19.6. The molecule has 0 saturated carbocycles. The number of rotatable bonds is 16. The maximum atomic E-state index is 12.9. The second kappa shape index (κ2) is 15.3. The molecule has 1 aromatic rings. The highest BCUT2D eigenvalue weighted by Gasteiger charge is 2.30. The summed E-state index contributed by atoms with van der Waals surface area (Å²) in [6.45, 7) is 4.18.